The summed E-state index contributed by atoms with van der Waals surface area (Å²) in [4.78, 5) is 6.51. The van der Waals surface area contributed by atoms with Crippen LogP contribution in [-0.2, 0) is 0 Å². The standard InChI is InChI=1S/C12H20N4OS/c1-9-5-6-10(11(13)15-17)12(14-9)16(2)7-4-8-18-3/h5-6,17H,4,7-8H2,1-3H3,(H2,13,15). The van der Waals surface area contributed by atoms with E-state index in [9.17, 15) is 0 Å². The number of hydrogen-bond acceptors (Lipinski definition) is 5. The van der Waals surface area contributed by atoms with Gasteiger partial charge in [-0.15, -0.1) is 0 Å². The van der Waals surface area contributed by atoms with Gasteiger partial charge in [-0.2, -0.15) is 11.8 Å². The molecule has 100 valence electrons. The van der Waals surface area contributed by atoms with Crippen molar-refractivity contribution in [1.29, 1.82) is 0 Å². The van der Waals surface area contributed by atoms with Crippen molar-refractivity contribution < 1.29 is 5.21 Å². The highest BCUT2D eigenvalue weighted by Gasteiger charge is 2.12. The number of hydrogen-bond donors (Lipinski definition) is 2. The summed E-state index contributed by atoms with van der Waals surface area (Å²) < 4.78 is 0. The second kappa shape index (κ2) is 7.10. The van der Waals surface area contributed by atoms with Crippen LogP contribution in [0.1, 0.15) is 17.7 Å². The minimum Gasteiger partial charge on any atom is -0.409 e. The van der Waals surface area contributed by atoms with Gasteiger partial charge in [0.05, 0.1) is 5.56 Å². The molecular weight excluding hydrogens is 248 g/mol. The number of pyridine rings is 1. The van der Waals surface area contributed by atoms with Crippen LogP contribution in [0, 0.1) is 6.92 Å². The molecule has 1 aromatic rings. The quantitative estimate of drug-likeness (QED) is 0.270. The highest BCUT2D eigenvalue weighted by molar-refractivity contribution is 7.98. The Labute approximate surface area is 112 Å². The third-order valence-corrected chi connectivity index (χ3v) is 3.30. The van der Waals surface area contributed by atoms with E-state index in [-0.39, 0.29) is 5.84 Å². The number of aromatic nitrogens is 1. The third kappa shape index (κ3) is 3.80. The summed E-state index contributed by atoms with van der Waals surface area (Å²) in [7, 11) is 1.97. The number of aryl methyl sites for hydroxylation is 1. The van der Waals surface area contributed by atoms with E-state index < -0.39 is 0 Å². The molecule has 0 saturated heterocycles. The topological polar surface area (TPSA) is 74.7 Å². The molecule has 3 N–H and O–H groups in total. The molecule has 18 heavy (non-hydrogen) atoms. The van der Waals surface area contributed by atoms with Gasteiger partial charge in [0.25, 0.3) is 0 Å². The Balaban J connectivity index is 2.94. The first kappa shape index (κ1) is 14.6. The fraction of sp³-hybridized carbons (Fsp3) is 0.500. The molecule has 1 aromatic heterocycles. The summed E-state index contributed by atoms with van der Waals surface area (Å²) in [6.07, 6.45) is 3.16. The zero-order valence-electron chi connectivity index (χ0n) is 11.1. The van der Waals surface area contributed by atoms with E-state index in [2.05, 4.69) is 16.4 Å². The summed E-state index contributed by atoms with van der Waals surface area (Å²) in [5.74, 6) is 1.95. The second-order valence-electron chi connectivity index (χ2n) is 4.08. The summed E-state index contributed by atoms with van der Waals surface area (Å²) >= 11 is 1.82. The molecule has 0 aliphatic rings. The van der Waals surface area contributed by atoms with Gasteiger partial charge >= 0.3 is 0 Å². The van der Waals surface area contributed by atoms with Gasteiger partial charge in [0.1, 0.15) is 5.82 Å². The number of oxime groups is 1. The van der Waals surface area contributed by atoms with Crippen LogP contribution in [-0.4, -0.2) is 41.6 Å². The summed E-state index contributed by atoms with van der Waals surface area (Å²) in [5, 5.41) is 11.8. The SMILES string of the molecule is CSCCCN(C)c1nc(C)ccc1/C(N)=N/O. The Morgan fingerprint density at radius 1 is 1.56 bits per heavy atom. The van der Waals surface area contributed by atoms with Gasteiger partial charge in [-0.3, -0.25) is 0 Å². The first-order chi connectivity index (χ1) is 8.60. The van der Waals surface area contributed by atoms with Crippen LogP contribution < -0.4 is 10.6 Å². The maximum absolute atomic E-state index is 8.79. The summed E-state index contributed by atoms with van der Waals surface area (Å²) in [6.45, 7) is 2.82. The van der Waals surface area contributed by atoms with E-state index in [1.54, 1.807) is 0 Å². The molecule has 0 fully saturated rings. The molecule has 5 nitrogen and oxygen atoms in total. The lowest BCUT2D eigenvalue weighted by atomic mass is 10.2. The Morgan fingerprint density at radius 3 is 2.89 bits per heavy atom. The Hall–Kier alpha value is -1.43. The number of thioether (sulfide) groups is 1. The zero-order chi connectivity index (χ0) is 13.5. The lowest BCUT2D eigenvalue weighted by Crippen LogP contribution is -2.25. The molecule has 0 atom stereocenters. The van der Waals surface area contributed by atoms with Crippen molar-refractivity contribution >= 4 is 23.4 Å². The van der Waals surface area contributed by atoms with Gasteiger partial charge in [-0.1, -0.05) is 5.16 Å². The minimum atomic E-state index is 0.0919. The molecule has 0 saturated carbocycles. The Morgan fingerprint density at radius 2 is 2.28 bits per heavy atom. The number of nitrogens with zero attached hydrogens (tertiary/aromatic N) is 3. The lowest BCUT2D eigenvalue weighted by Gasteiger charge is -2.21. The molecule has 0 aromatic carbocycles. The molecule has 0 aliphatic carbocycles. The molecule has 0 aliphatic heterocycles. The monoisotopic (exact) mass is 268 g/mol. The highest BCUT2D eigenvalue weighted by atomic mass is 32.2. The Kier molecular flexibility index (Phi) is 5.77. The second-order valence-corrected chi connectivity index (χ2v) is 5.06. The van der Waals surface area contributed by atoms with E-state index in [1.807, 2.05) is 42.8 Å². The van der Waals surface area contributed by atoms with Gasteiger partial charge in [0.15, 0.2) is 5.84 Å². The number of rotatable bonds is 6. The number of amidine groups is 1. The molecular formula is C12H20N4OS. The van der Waals surface area contributed by atoms with Gasteiger partial charge in [-0.25, -0.2) is 4.98 Å². The van der Waals surface area contributed by atoms with Crippen LogP contribution >= 0.6 is 11.8 Å². The predicted molar refractivity (Wildman–Crippen MR) is 77.8 cm³/mol. The maximum atomic E-state index is 8.79. The van der Waals surface area contributed by atoms with Crippen molar-refractivity contribution in [2.75, 3.05) is 30.5 Å². The highest BCUT2D eigenvalue weighted by Crippen LogP contribution is 2.17. The van der Waals surface area contributed by atoms with E-state index in [0.717, 1.165) is 30.2 Å². The minimum absolute atomic E-state index is 0.0919. The van der Waals surface area contributed by atoms with Crippen LogP contribution in [0.25, 0.3) is 0 Å². The van der Waals surface area contributed by atoms with Crippen molar-refractivity contribution in [3.05, 3.63) is 23.4 Å². The average molecular weight is 268 g/mol. The molecule has 0 amide bonds. The van der Waals surface area contributed by atoms with Gasteiger partial charge < -0.3 is 15.8 Å². The molecule has 0 spiro atoms. The fourth-order valence-electron chi connectivity index (χ4n) is 1.64. The molecule has 1 heterocycles. The smallest absolute Gasteiger partial charge is 0.173 e. The van der Waals surface area contributed by atoms with Crippen molar-refractivity contribution in [1.82, 2.24) is 4.98 Å². The first-order valence-electron chi connectivity index (χ1n) is 5.75. The van der Waals surface area contributed by atoms with Gasteiger partial charge in [0.2, 0.25) is 0 Å². The number of nitrogens with two attached hydrogens (primary N) is 1. The van der Waals surface area contributed by atoms with Crippen molar-refractivity contribution in [2.45, 2.75) is 13.3 Å². The van der Waals surface area contributed by atoms with Crippen LogP contribution in [0.2, 0.25) is 0 Å². The number of anilines is 1. The van der Waals surface area contributed by atoms with Crippen LogP contribution in [0.4, 0.5) is 5.82 Å². The van der Waals surface area contributed by atoms with Gasteiger partial charge in [-0.05, 0) is 37.5 Å². The van der Waals surface area contributed by atoms with Crippen molar-refractivity contribution in [2.24, 2.45) is 10.9 Å². The average Bonchev–Trinajstić information content (AvgIpc) is 2.38. The van der Waals surface area contributed by atoms with Crippen LogP contribution in [0.15, 0.2) is 17.3 Å². The van der Waals surface area contributed by atoms with Crippen molar-refractivity contribution in [3.8, 4) is 0 Å². The fourth-order valence-corrected chi connectivity index (χ4v) is 2.06. The summed E-state index contributed by atoms with van der Waals surface area (Å²) in [6, 6.07) is 3.68. The normalized spacial score (nSPS) is 11.6. The van der Waals surface area contributed by atoms with E-state index in [4.69, 9.17) is 10.9 Å². The third-order valence-electron chi connectivity index (χ3n) is 2.60. The molecule has 1 rings (SSSR count). The van der Waals surface area contributed by atoms with E-state index in [1.165, 1.54) is 0 Å². The first-order valence-corrected chi connectivity index (χ1v) is 7.15. The van der Waals surface area contributed by atoms with E-state index >= 15 is 0 Å². The molecule has 0 unspecified atom stereocenters. The predicted octanol–water partition coefficient (Wildman–Crippen LogP) is 1.67. The van der Waals surface area contributed by atoms with E-state index in [0.29, 0.717) is 5.56 Å². The largest absolute Gasteiger partial charge is 0.409 e. The summed E-state index contributed by atoms with van der Waals surface area (Å²) in [5.41, 5.74) is 7.24. The molecule has 0 bridgehead atoms. The molecule has 0 radical (unpaired) electrons. The zero-order valence-corrected chi connectivity index (χ0v) is 11.9. The molecule has 6 heteroatoms. The van der Waals surface area contributed by atoms with Gasteiger partial charge in [0, 0.05) is 19.3 Å². The Bertz CT molecular complexity index is 423. The van der Waals surface area contributed by atoms with Crippen LogP contribution in [0.5, 0.6) is 0 Å². The lowest BCUT2D eigenvalue weighted by molar-refractivity contribution is 0.318. The van der Waals surface area contributed by atoms with Crippen LogP contribution in [0.3, 0.4) is 0 Å². The maximum Gasteiger partial charge on any atom is 0.173 e. The van der Waals surface area contributed by atoms with Crippen molar-refractivity contribution in [3.63, 3.8) is 0 Å².